The number of fused-ring (bicyclic) bond motifs is 6. The van der Waals surface area contributed by atoms with E-state index >= 15 is 0 Å². The lowest BCUT2D eigenvalue weighted by Crippen LogP contribution is -2.06. The van der Waals surface area contributed by atoms with Crippen LogP contribution in [0.1, 0.15) is 30.5 Å². The van der Waals surface area contributed by atoms with Crippen molar-refractivity contribution in [2.24, 2.45) is 0 Å². The van der Waals surface area contributed by atoms with Gasteiger partial charge in [-0.3, -0.25) is 0 Å². The molecule has 26 heavy (non-hydrogen) atoms. The fraction of sp³-hybridized carbons (Fsp3) is 0.200. The van der Waals surface area contributed by atoms with Crippen molar-refractivity contribution in [3.63, 3.8) is 0 Å². The van der Waals surface area contributed by atoms with E-state index in [1.165, 1.54) is 49.4 Å². The zero-order chi connectivity index (χ0) is 17.7. The van der Waals surface area contributed by atoms with Crippen LogP contribution in [-0.2, 0) is 19.4 Å². The van der Waals surface area contributed by atoms with Crippen molar-refractivity contribution >= 4 is 21.5 Å². The fourth-order valence-corrected chi connectivity index (χ4v) is 4.10. The Bertz CT molecular complexity index is 1140. The van der Waals surface area contributed by atoms with Crippen LogP contribution in [0.2, 0.25) is 0 Å². The number of aryl methyl sites for hydroxylation is 2. The molecule has 0 saturated carbocycles. The average Bonchev–Trinajstić information content (AvgIpc) is 2.70. The topological polar surface area (TPSA) is 9.23 Å². The average molecular weight is 338 g/mol. The van der Waals surface area contributed by atoms with Crippen LogP contribution in [0, 0.1) is 0 Å². The summed E-state index contributed by atoms with van der Waals surface area (Å²) in [5.41, 5.74) is 6.58. The monoisotopic (exact) mass is 338 g/mol. The molecule has 4 aromatic carbocycles. The Morgan fingerprint density at radius 3 is 2.23 bits per heavy atom. The second kappa shape index (κ2) is 5.88. The molecule has 1 aliphatic rings. The lowest BCUT2D eigenvalue weighted by molar-refractivity contribution is 0.304. The van der Waals surface area contributed by atoms with Gasteiger partial charge in [0.25, 0.3) is 0 Å². The van der Waals surface area contributed by atoms with Crippen molar-refractivity contribution in [1.82, 2.24) is 0 Å². The van der Waals surface area contributed by atoms with Gasteiger partial charge >= 0.3 is 0 Å². The summed E-state index contributed by atoms with van der Waals surface area (Å²) in [5, 5.41) is 5.16. The van der Waals surface area contributed by atoms with Crippen molar-refractivity contribution in [3.05, 3.63) is 77.4 Å². The molecule has 5 rings (SSSR count). The molecule has 0 aromatic heterocycles. The maximum Gasteiger partial charge on any atom is 0.128 e. The van der Waals surface area contributed by atoms with Gasteiger partial charge in [0.05, 0.1) is 0 Å². The summed E-state index contributed by atoms with van der Waals surface area (Å²) < 4.78 is 6.20. The second-order valence-corrected chi connectivity index (χ2v) is 7.17. The predicted molar refractivity (Wildman–Crippen MR) is 110 cm³/mol. The highest BCUT2D eigenvalue weighted by Crippen LogP contribution is 2.42. The molecule has 1 heteroatoms. The summed E-state index contributed by atoms with van der Waals surface area (Å²) in [4.78, 5) is 0. The van der Waals surface area contributed by atoms with Gasteiger partial charge in [0, 0.05) is 11.1 Å². The quantitative estimate of drug-likeness (QED) is 0.396. The second-order valence-electron chi connectivity index (χ2n) is 7.17. The van der Waals surface area contributed by atoms with Gasteiger partial charge in [0.1, 0.15) is 12.4 Å². The molecule has 0 unspecified atom stereocenters. The lowest BCUT2D eigenvalue weighted by atomic mass is 9.90. The van der Waals surface area contributed by atoms with Gasteiger partial charge in [-0.1, -0.05) is 62.4 Å². The highest BCUT2D eigenvalue weighted by molar-refractivity contribution is 5.97. The number of hydrogen-bond donors (Lipinski definition) is 0. The van der Waals surface area contributed by atoms with Crippen LogP contribution >= 0.6 is 0 Å². The summed E-state index contributed by atoms with van der Waals surface area (Å²) in [7, 11) is 0. The number of rotatable bonds is 2. The molecule has 0 atom stereocenters. The van der Waals surface area contributed by atoms with Crippen molar-refractivity contribution in [1.29, 1.82) is 0 Å². The lowest BCUT2D eigenvalue weighted by Gasteiger charge is -2.23. The molecule has 0 aliphatic carbocycles. The zero-order valence-corrected chi connectivity index (χ0v) is 15.3. The number of ether oxygens (including phenoxy) is 1. The molecule has 1 aliphatic heterocycles. The largest absolute Gasteiger partial charge is 0.488 e. The molecule has 0 amide bonds. The molecule has 0 saturated heterocycles. The first-order valence-corrected chi connectivity index (χ1v) is 9.51. The molecular formula is C25H22O. The Labute approximate surface area is 154 Å². The van der Waals surface area contributed by atoms with E-state index in [-0.39, 0.29) is 0 Å². The summed E-state index contributed by atoms with van der Waals surface area (Å²) in [5.74, 6) is 1.00. The molecular weight excluding hydrogens is 316 g/mol. The summed E-state index contributed by atoms with van der Waals surface area (Å²) >= 11 is 0. The van der Waals surface area contributed by atoms with Crippen LogP contribution < -0.4 is 4.74 Å². The van der Waals surface area contributed by atoms with Crippen molar-refractivity contribution in [2.75, 3.05) is 0 Å². The Kier molecular flexibility index (Phi) is 3.49. The van der Waals surface area contributed by atoms with Crippen LogP contribution in [0.4, 0.5) is 0 Å². The third kappa shape index (κ3) is 2.31. The Hall–Kier alpha value is -2.80. The number of hydrogen-bond acceptors (Lipinski definition) is 1. The molecule has 4 aromatic rings. The van der Waals surface area contributed by atoms with Gasteiger partial charge < -0.3 is 4.74 Å². The minimum Gasteiger partial charge on any atom is -0.488 e. The summed E-state index contributed by atoms with van der Waals surface area (Å²) in [6, 6.07) is 22.6. The SMILES string of the molecule is CCc1ccc2cc3c(cc2c1)OCc1c-3ccc2cc(CC)ccc12. The molecule has 0 bridgehead atoms. The Morgan fingerprint density at radius 2 is 1.42 bits per heavy atom. The van der Waals surface area contributed by atoms with Gasteiger partial charge in [0.2, 0.25) is 0 Å². The maximum absolute atomic E-state index is 6.20. The van der Waals surface area contributed by atoms with E-state index in [0.717, 1.165) is 18.6 Å². The summed E-state index contributed by atoms with van der Waals surface area (Å²) in [6.45, 7) is 5.04. The third-order valence-corrected chi connectivity index (χ3v) is 5.68. The van der Waals surface area contributed by atoms with E-state index in [4.69, 9.17) is 4.74 Å². The third-order valence-electron chi connectivity index (χ3n) is 5.68. The van der Waals surface area contributed by atoms with Crippen LogP contribution in [0.5, 0.6) is 5.75 Å². The van der Waals surface area contributed by atoms with E-state index in [9.17, 15) is 0 Å². The smallest absolute Gasteiger partial charge is 0.128 e. The van der Waals surface area contributed by atoms with Crippen LogP contribution in [0.25, 0.3) is 32.7 Å². The van der Waals surface area contributed by atoms with Crippen LogP contribution in [0.3, 0.4) is 0 Å². The van der Waals surface area contributed by atoms with E-state index < -0.39 is 0 Å². The van der Waals surface area contributed by atoms with Crippen molar-refractivity contribution in [2.45, 2.75) is 33.3 Å². The van der Waals surface area contributed by atoms with E-state index in [2.05, 4.69) is 74.5 Å². The van der Waals surface area contributed by atoms with Crippen molar-refractivity contribution in [3.8, 4) is 16.9 Å². The Morgan fingerprint density at radius 1 is 0.692 bits per heavy atom. The molecule has 0 spiro atoms. The molecule has 0 radical (unpaired) electrons. The standard InChI is InChI=1S/C25H22O/c1-3-16-5-7-18-13-23-22-10-8-19-11-17(4-2)6-9-21(19)24(22)15-26-25(23)14-20(18)12-16/h5-14H,3-4,15H2,1-2H3. The van der Waals surface area contributed by atoms with Crippen LogP contribution in [0.15, 0.2) is 60.7 Å². The first-order chi connectivity index (χ1) is 12.8. The van der Waals surface area contributed by atoms with Gasteiger partial charge in [-0.25, -0.2) is 0 Å². The first-order valence-electron chi connectivity index (χ1n) is 9.51. The minimum absolute atomic E-state index is 0.643. The highest BCUT2D eigenvalue weighted by atomic mass is 16.5. The predicted octanol–water partition coefficient (Wildman–Crippen LogP) is 6.68. The number of benzene rings is 4. The van der Waals surface area contributed by atoms with E-state index in [1.807, 2.05) is 0 Å². The first kappa shape index (κ1) is 15.5. The van der Waals surface area contributed by atoms with Gasteiger partial charge in [-0.15, -0.1) is 0 Å². The fourth-order valence-electron chi connectivity index (χ4n) is 4.10. The van der Waals surface area contributed by atoms with Crippen molar-refractivity contribution < 1.29 is 4.74 Å². The van der Waals surface area contributed by atoms with Crippen LogP contribution in [-0.4, -0.2) is 0 Å². The molecule has 128 valence electrons. The normalized spacial score (nSPS) is 12.7. The van der Waals surface area contributed by atoms with Gasteiger partial charge in [-0.05, 0) is 63.2 Å². The molecule has 1 heterocycles. The molecule has 0 fully saturated rings. The highest BCUT2D eigenvalue weighted by Gasteiger charge is 2.20. The van der Waals surface area contributed by atoms with Gasteiger partial charge in [-0.2, -0.15) is 0 Å². The van der Waals surface area contributed by atoms with E-state index in [0.29, 0.717) is 6.61 Å². The molecule has 1 nitrogen and oxygen atoms in total. The summed E-state index contributed by atoms with van der Waals surface area (Å²) in [6.07, 6.45) is 2.13. The minimum atomic E-state index is 0.643. The zero-order valence-electron chi connectivity index (χ0n) is 15.3. The Balaban J connectivity index is 1.73. The maximum atomic E-state index is 6.20. The molecule has 0 N–H and O–H groups in total. The van der Waals surface area contributed by atoms with Gasteiger partial charge in [0.15, 0.2) is 0 Å². The van der Waals surface area contributed by atoms with E-state index in [1.54, 1.807) is 0 Å².